The minimum absolute atomic E-state index is 0.199. The van der Waals surface area contributed by atoms with E-state index in [4.69, 9.17) is 0 Å². The van der Waals surface area contributed by atoms with Gasteiger partial charge in [-0.15, -0.1) is 0 Å². The fourth-order valence-electron chi connectivity index (χ4n) is 3.24. The SMILES string of the molecule is Fc1cccc2c(CCNCc3cccc(-c4ccncc4)c3)c[nH]c12. The summed E-state index contributed by atoms with van der Waals surface area (Å²) in [6, 6.07) is 17.7. The standard InChI is InChI=1S/C22H20FN3/c23-21-6-2-5-20-19(15-26-22(20)21)9-12-25-14-16-3-1-4-18(13-16)17-7-10-24-11-8-17/h1-8,10-11,13,15,25-26H,9,12,14H2. The number of nitrogens with zero attached hydrogens (tertiary/aromatic N) is 1. The normalized spacial score (nSPS) is 11.1. The molecule has 0 bridgehead atoms. The highest BCUT2D eigenvalue weighted by Crippen LogP contribution is 2.21. The predicted octanol–water partition coefficient (Wildman–Crippen LogP) is 4.70. The Labute approximate surface area is 151 Å². The molecule has 0 radical (unpaired) electrons. The number of aromatic nitrogens is 2. The number of aromatic amines is 1. The van der Waals surface area contributed by atoms with Crippen molar-refractivity contribution in [3.05, 3.63) is 90.1 Å². The molecular weight excluding hydrogens is 325 g/mol. The molecule has 0 aliphatic heterocycles. The van der Waals surface area contributed by atoms with Gasteiger partial charge in [-0.3, -0.25) is 4.98 Å². The lowest BCUT2D eigenvalue weighted by Gasteiger charge is -2.07. The summed E-state index contributed by atoms with van der Waals surface area (Å²) in [5, 5.41) is 4.44. The molecule has 0 saturated carbocycles. The van der Waals surface area contributed by atoms with Crippen LogP contribution in [0.2, 0.25) is 0 Å². The molecule has 0 fully saturated rings. The van der Waals surface area contributed by atoms with Crippen LogP contribution in [0.25, 0.3) is 22.0 Å². The van der Waals surface area contributed by atoms with Gasteiger partial charge in [0.1, 0.15) is 5.82 Å². The predicted molar refractivity (Wildman–Crippen MR) is 103 cm³/mol. The van der Waals surface area contributed by atoms with Crippen LogP contribution in [0.3, 0.4) is 0 Å². The van der Waals surface area contributed by atoms with Crippen molar-refractivity contribution in [2.45, 2.75) is 13.0 Å². The lowest BCUT2D eigenvalue weighted by Crippen LogP contribution is -2.16. The molecule has 0 aliphatic rings. The Bertz CT molecular complexity index is 1010. The van der Waals surface area contributed by atoms with Gasteiger partial charge in [0.15, 0.2) is 0 Å². The van der Waals surface area contributed by atoms with E-state index < -0.39 is 0 Å². The Morgan fingerprint density at radius 3 is 2.69 bits per heavy atom. The maximum atomic E-state index is 13.7. The molecule has 26 heavy (non-hydrogen) atoms. The van der Waals surface area contributed by atoms with E-state index in [2.05, 4.69) is 39.6 Å². The quantitative estimate of drug-likeness (QED) is 0.497. The number of fused-ring (bicyclic) bond motifs is 1. The third-order valence-electron chi connectivity index (χ3n) is 4.59. The van der Waals surface area contributed by atoms with Crippen molar-refractivity contribution in [3.63, 3.8) is 0 Å². The zero-order valence-corrected chi connectivity index (χ0v) is 14.4. The topological polar surface area (TPSA) is 40.7 Å². The molecule has 2 aromatic heterocycles. The lowest BCUT2D eigenvalue weighted by atomic mass is 10.0. The van der Waals surface area contributed by atoms with E-state index in [1.807, 2.05) is 36.8 Å². The molecule has 4 rings (SSSR count). The summed E-state index contributed by atoms with van der Waals surface area (Å²) < 4.78 is 13.7. The summed E-state index contributed by atoms with van der Waals surface area (Å²) in [6.45, 7) is 1.64. The third-order valence-corrected chi connectivity index (χ3v) is 4.59. The molecule has 0 atom stereocenters. The van der Waals surface area contributed by atoms with Gasteiger partial charge in [0.25, 0.3) is 0 Å². The van der Waals surface area contributed by atoms with E-state index in [0.717, 1.165) is 30.5 Å². The van der Waals surface area contributed by atoms with Crippen LogP contribution < -0.4 is 5.32 Å². The van der Waals surface area contributed by atoms with Crippen molar-refractivity contribution in [2.75, 3.05) is 6.54 Å². The molecule has 0 amide bonds. The summed E-state index contributed by atoms with van der Waals surface area (Å²) in [5.41, 5.74) is 5.33. The van der Waals surface area contributed by atoms with E-state index >= 15 is 0 Å². The van der Waals surface area contributed by atoms with Crippen molar-refractivity contribution in [1.82, 2.24) is 15.3 Å². The van der Waals surface area contributed by atoms with Crippen molar-refractivity contribution in [1.29, 1.82) is 0 Å². The van der Waals surface area contributed by atoms with Crippen LogP contribution in [0.15, 0.2) is 73.2 Å². The minimum atomic E-state index is -0.199. The van der Waals surface area contributed by atoms with E-state index in [-0.39, 0.29) is 5.82 Å². The summed E-state index contributed by atoms with van der Waals surface area (Å²) in [5.74, 6) is -0.199. The zero-order chi connectivity index (χ0) is 17.8. The second-order valence-electron chi connectivity index (χ2n) is 6.34. The highest BCUT2D eigenvalue weighted by Gasteiger charge is 2.06. The van der Waals surface area contributed by atoms with Gasteiger partial charge >= 0.3 is 0 Å². The first-order chi connectivity index (χ1) is 12.8. The number of para-hydroxylation sites is 1. The first kappa shape index (κ1) is 16.5. The Morgan fingerprint density at radius 1 is 0.962 bits per heavy atom. The van der Waals surface area contributed by atoms with Gasteiger partial charge in [-0.1, -0.05) is 30.3 Å². The molecule has 4 heteroatoms. The monoisotopic (exact) mass is 345 g/mol. The largest absolute Gasteiger partial charge is 0.359 e. The minimum Gasteiger partial charge on any atom is -0.359 e. The third kappa shape index (κ3) is 3.51. The van der Waals surface area contributed by atoms with Gasteiger partial charge in [-0.25, -0.2) is 4.39 Å². The molecule has 0 unspecified atom stereocenters. The number of halogens is 1. The average Bonchev–Trinajstić information content (AvgIpc) is 3.11. The molecule has 2 aromatic carbocycles. The Hall–Kier alpha value is -2.98. The van der Waals surface area contributed by atoms with E-state index in [0.29, 0.717) is 5.52 Å². The Morgan fingerprint density at radius 2 is 1.81 bits per heavy atom. The molecule has 0 aliphatic carbocycles. The maximum absolute atomic E-state index is 13.7. The number of hydrogen-bond donors (Lipinski definition) is 2. The van der Waals surface area contributed by atoms with Crippen molar-refractivity contribution < 1.29 is 4.39 Å². The maximum Gasteiger partial charge on any atom is 0.147 e. The summed E-state index contributed by atoms with van der Waals surface area (Å²) >= 11 is 0. The number of nitrogens with one attached hydrogen (secondary N) is 2. The van der Waals surface area contributed by atoms with Gasteiger partial charge in [-0.2, -0.15) is 0 Å². The molecule has 130 valence electrons. The first-order valence-corrected chi connectivity index (χ1v) is 8.76. The van der Waals surface area contributed by atoms with Gasteiger partial charge in [-0.05, 0) is 59.5 Å². The van der Waals surface area contributed by atoms with Crippen molar-refractivity contribution in [2.24, 2.45) is 0 Å². The van der Waals surface area contributed by atoms with Gasteiger partial charge in [0.05, 0.1) is 5.52 Å². The van der Waals surface area contributed by atoms with Crippen LogP contribution >= 0.6 is 0 Å². The smallest absolute Gasteiger partial charge is 0.147 e. The van der Waals surface area contributed by atoms with E-state index in [1.165, 1.54) is 22.8 Å². The molecule has 4 aromatic rings. The summed E-state index contributed by atoms with van der Waals surface area (Å²) in [7, 11) is 0. The van der Waals surface area contributed by atoms with E-state index in [1.54, 1.807) is 6.07 Å². The van der Waals surface area contributed by atoms with Gasteiger partial charge in [0.2, 0.25) is 0 Å². The van der Waals surface area contributed by atoms with E-state index in [9.17, 15) is 4.39 Å². The average molecular weight is 345 g/mol. The molecule has 3 nitrogen and oxygen atoms in total. The van der Waals surface area contributed by atoms with Crippen molar-refractivity contribution in [3.8, 4) is 11.1 Å². The highest BCUT2D eigenvalue weighted by atomic mass is 19.1. The number of benzene rings is 2. The Balaban J connectivity index is 1.37. The fraction of sp³-hybridized carbons (Fsp3) is 0.136. The van der Waals surface area contributed by atoms with Crippen LogP contribution in [-0.4, -0.2) is 16.5 Å². The number of pyridine rings is 1. The lowest BCUT2D eigenvalue weighted by molar-refractivity contribution is 0.637. The molecule has 0 saturated heterocycles. The summed E-state index contributed by atoms with van der Waals surface area (Å²) in [4.78, 5) is 7.10. The molecular formula is C22H20FN3. The van der Waals surface area contributed by atoms with Crippen LogP contribution in [0.5, 0.6) is 0 Å². The van der Waals surface area contributed by atoms with Crippen LogP contribution in [0.4, 0.5) is 4.39 Å². The van der Waals surface area contributed by atoms with Gasteiger partial charge < -0.3 is 10.3 Å². The first-order valence-electron chi connectivity index (χ1n) is 8.76. The van der Waals surface area contributed by atoms with Gasteiger partial charge in [0, 0.05) is 30.5 Å². The number of H-pyrrole nitrogens is 1. The second kappa shape index (κ2) is 7.50. The van der Waals surface area contributed by atoms with Crippen LogP contribution in [0.1, 0.15) is 11.1 Å². The number of hydrogen-bond acceptors (Lipinski definition) is 2. The molecule has 0 spiro atoms. The molecule has 2 heterocycles. The number of rotatable bonds is 6. The highest BCUT2D eigenvalue weighted by molar-refractivity contribution is 5.83. The Kier molecular flexibility index (Phi) is 4.75. The fourth-order valence-corrected chi connectivity index (χ4v) is 3.24. The van der Waals surface area contributed by atoms with Crippen molar-refractivity contribution >= 4 is 10.9 Å². The van der Waals surface area contributed by atoms with Crippen LogP contribution in [-0.2, 0) is 13.0 Å². The molecule has 2 N–H and O–H groups in total. The van der Waals surface area contributed by atoms with Crippen LogP contribution in [0, 0.1) is 5.82 Å². The second-order valence-corrected chi connectivity index (χ2v) is 6.34. The zero-order valence-electron chi connectivity index (χ0n) is 14.4. The summed E-state index contributed by atoms with van der Waals surface area (Å²) in [6.07, 6.45) is 6.38.